The van der Waals surface area contributed by atoms with Gasteiger partial charge >= 0.3 is 0 Å². The van der Waals surface area contributed by atoms with Gasteiger partial charge in [0.15, 0.2) is 0 Å². The van der Waals surface area contributed by atoms with Gasteiger partial charge in [-0.3, -0.25) is 0 Å². The number of hydrogen-bond donors (Lipinski definition) is 1. The minimum atomic E-state index is 0.741. The highest BCUT2D eigenvalue weighted by Crippen LogP contribution is 2.61. The lowest BCUT2D eigenvalue weighted by Crippen LogP contribution is -2.50. The average Bonchev–Trinajstić information content (AvgIpc) is 2.35. The molecule has 19 heavy (non-hydrogen) atoms. The molecule has 0 aromatic rings. The second-order valence-corrected chi connectivity index (χ2v) is 8.17. The van der Waals surface area contributed by atoms with E-state index in [1.54, 1.807) is 38.5 Å². The van der Waals surface area contributed by atoms with Crippen LogP contribution in [0.3, 0.4) is 0 Å². The van der Waals surface area contributed by atoms with Crippen molar-refractivity contribution in [3.63, 3.8) is 0 Å². The summed E-state index contributed by atoms with van der Waals surface area (Å²) in [6, 6.07) is 0.770. The minimum Gasteiger partial charge on any atom is -0.314 e. The Morgan fingerprint density at radius 2 is 1.53 bits per heavy atom. The van der Waals surface area contributed by atoms with Crippen LogP contribution in [0.2, 0.25) is 0 Å². The van der Waals surface area contributed by atoms with Crippen molar-refractivity contribution in [3.05, 3.63) is 0 Å². The van der Waals surface area contributed by atoms with Crippen LogP contribution in [0.4, 0.5) is 0 Å². The second kappa shape index (κ2) is 5.39. The average molecular weight is 263 g/mol. The van der Waals surface area contributed by atoms with Gasteiger partial charge in [-0.1, -0.05) is 27.2 Å². The van der Waals surface area contributed by atoms with Crippen LogP contribution in [0.15, 0.2) is 0 Å². The molecule has 0 aromatic carbocycles. The Morgan fingerprint density at radius 3 is 1.95 bits per heavy atom. The Bertz CT molecular complexity index is 274. The van der Waals surface area contributed by atoms with Crippen molar-refractivity contribution in [2.24, 2.45) is 29.1 Å². The van der Waals surface area contributed by atoms with E-state index >= 15 is 0 Å². The second-order valence-electron chi connectivity index (χ2n) is 8.17. The van der Waals surface area contributed by atoms with Crippen molar-refractivity contribution in [1.29, 1.82) is 0 Å². The van der Waals surface area contributed by atoms with Gasteiger partial charge in [-0.25, -0.2) is 0 Å². The SMILES string of the molecule is CCNC(CC12CC3CC(CC(C3)C1)C2)C(C)CC. The maximum Gasteiger partial charge on any atom is 0.00977 e. The Kier molecular flexibility index (Phi) is 3.95. The van der Waals surface area contributed by atoms with Crippen LogP contribution < -0.4 is 5.32 Å². The molecule has 0 aliphatic heterocycles. The van der Waals surface area contributed by atoms with Gasteiger partial charge in [-0.05, 0) is 80.6 Å². The highest BCUT2D eigenvalue weighted by atomic mass is 14.9. The first kappa shape index (κ1) is 13.9. The summed E-state index contributed by atoms with van der Waals surface area (Å²) < 4.78 is 0. The van der Waals surface area contributed by atoms with Gasteiger partial charge in [-0.2, -0.15) is 0 Å². The molecule has 0 heterocycles. The Morgan fingerprint density at radius 1 is 1.00 bits per heavy atom. The maximum atomic E-state index is 3.81. The van der Waals surface area contributed by atoms with Crippen LogP contribution >= 0.6 is 0 Å². The molecular weight excluding hydrogens is 230 g/mol. The summed E-state index contributed by atoms with van der Waals surface area (Å²) in [6.45, 7) is 8.22. The molecule has 4 aliphatic rings. The Hall–Kier alpha value is -0.0400. The first-order chi connectivity index (χ1) is 9.14. The molecule has 0 aromatic heterocycles. The van der Waals surface area contributed by atoms with Crippen molar-refractivity contribution >= 4 is 0 Å². The topological polar surface area (TPSA) is 12.0 Å². The van der Waals surface area contributed by atoms with E-state index < -0.39 is 0 Å². The number of rotatable bonds is 6. The van der Waals surface area contributed by atoms with E-state index in [-0.39, 0.29) is 0 Å². The summed E-state index contributed by atoms with van der Waals surface area (Å²) in [5.41, 5.74) is 0.741. The van der Waals surface area contributed by atoms with E-state index in [0.717, 1.165) is 41.7 Å². The molecule has 4 saturated carbocycles. The van der Waals surface area contributed by atoms with Gasteiger partial charge in [0.25, 0.3) is 0 Å². The van der Waals surface area contributed by atoms with Gasteiger partial charge < -0.3 is 5.32 Å². The zero-order valence-electron chi connectivity index (χ0n) is 13.3. The fraction of sp³-hybridized carbons (Fsp3) is 1.00. The van der Waals surface area contributed by atoms with Crippen LogP contribution in [0.5, 0.6) is 0 Å². The van der Waals surface area contributed by atoms with E-state index in [1.807, 2.05) is 0 Å². The molecule has 0 radical (unpaired) electrons. The molecule has 4 aliphatic carbocycles. The number of nitrogens with one attached hydrogen (secondary N) is 1. The maximum absolute atomic E-state index is 3.81. The third-order valence-electron chi connectivity index (χ3n) is 6.62. The van der Waals surface area contributed by atoms with E-state index in [9.17, 15) is 0 Å². The molecule has 4 rings (SSSR count). The summed E-state index contributed by atoms with van der Waals surface area (Å²) in [5.74, 6) is 4.15. The van der Waals surface area contributed by atoms with E-state index in [2.05, 4.69) is 26.1 Å². The van der Waals surface area contributed by atoms with Crippen LogP contribution in [-0.4, -0.2) is 12.6 Å². The molecule has 4 fully saturated rings. The molecule has 1 N–H and O–H groups in total. The zero-order valence-corrected chi connectivity index (χ0v) is 13.3. The summed E-state index contributed by atoms with van der Waals surface area (Å²) in [7, 11) is 0. The lowest BCUT2D eigenvalue weighted by Gasteiger charge is -2.58. The summed E-state index contributed by atoms with van der Waals surface area (Å²) in [5, 5.41) is 3.81. The van der Waals surface area contributed by atoms with Crippen LogP contribution in [0.25, 0.3) is 0 Å². The fourth-order valence-corrected chi connectivity index (χ4v) is 6.03. The molecule has 110 valence electrons. The van der Waals surface area contributed by atoms with Gasteiger partial charge in [0.2, 0.25) is 0 Å². The normalized spacial score (nSPS) is 43.4. The summed E-state index contributed by atoms with van der Waals surface area (Å²) in [6.07, 6.45) is 12.2. The van der Waals surface area contributed by atoms with Crippen molar-refractivity contribution < 1.29 is 0 Å². The van der Waals surface area contributed by atoms with Crippen LogP contribution in [-0.2, 0) is 0 Å². The van der Waals surface area contributed by atoms with E-state index in [0.29, 0.717) is 0 Å². The quantitative estimate of drug-likeness (QED) is 0.737. The largest absolute Gasteiger partial charge is 0.314 e. The Balaban J connectivity index is 1.70. The van der Waals surface area contributed by atoms with Crippen molar-refractivity contribution in [2.75, 3.05) is 6.54 Å². The predicted molar refractivity (Wildman–Crippen MR) is 82.1 cm³/mol. The van der Waals surface area contributed by atoms with Gasteiger partial charge in [0, 0.05) is 6.04 Å². The molecule has 2 atom stereocenters. The summed E-state index contributed by atoms with van der Waals surface area (Å²) in [4.78, 5) is 0. The van der Waals surface area contributed by atoms with Crippen molar-refractivity contribution in [3.8, 4) is 0 Å². The summed E-state index contributed by atoms with van der Waals surface area (Å²) >= 11 is 0. The smallest absolute Gasteiger partial charge is 0.00977 e. The Labute approximate surface area is 119 Å². The minimum absolute atomic E-state index is 0.741. The standard InChI is InChI=1S/C18H33N/c1-4-13(3)17(19-5-2)12-18-9-14-6-15(10-18)8-16(7-14)11-18/h13-17,19H,4-12H2,1-3H3. The molecule has 2 unspecified atom stereocenters. The highest BCUT2D eigenvalue weighted by Gasteiger charge is 2.51. The fourth-order valence-electron chi connectivity index (χ4n) is 6.03. The zero-order chi connectivity index (χ0) is 13.5. The highest BCUT2D eigenvalue weighted by molar-refractivity contribution is 5.02. The van der Waals surface area contributed by atoms with E-state index in [1.165, 1.54) is 12.8 Å². The molecule has 1 nitrogen and oxygen atoms in total. The molecule has 0 saturated heterocycles. The lowest BCUT2D eigenvalue weighted by atomic mass is 9.48. The van der Waals surface area contributed by atoms with Crippen LogP contribution in [0.1, 0.15) is 72.1 Å². The van der Waals surface area contributed by atoms with Crippen LogP contribution in [0, 0.1) is 29.1 Å². The molecule has 4 bridgehead atoms. The van der Waals surface area contributed by atoms with E-state index in [4.69, 9.17) is 0 Å². The third-order valence-corrected chi connectivity index (χ3v) is 6.62. The van der Waals surface area contributed by atoms with Crippen molar-refractivity contribution in [2.45, 2.75) is 78.2 Å². The molecular formula is C18H33N. The lowest BCUT2D eigenvalue weighted by molar-refractivity contribution is -0.0645. The monoisotopic (exact) mass is 263 g/mol. The number of hydrogen-bond acceptors (Lipinski definition) is 1. The van der Waals surface area contributed by atoms with Gasteiger partial charge in [0.1, 0.15) is 0 Å². The molecule has 0 amide bonds. The third kappa shape index (κ3) is 2.73. The molecule has 0 spiro atoms. The first-order valence-corrected chi connectivity index (χ1v) is 8.87. The van der Waals surface area contributed by atoms with Gasteiger partial charge in [0.05, 0.1) is 0 Å². The predicted octanol–water partition coefficient (Wildman–Crippen LogP) is 4.62. The first-order valence-electron chi connectivity index (χ1n) is 8.87. The van der Waals surface area contributed by atoms with Gasteiger partial charge in [-0.15, -0.1) is 0 Å². The van der Waals surface area contributed by atoms with Crippen molar-refractivity contribution in [1.82, 2.24) is 5.32 Å². The molecule has 1 heteroatoms.